The zero-order chi connectivity index (χ0) is 17.3. The summed E-state index contributed by atoms with van der Waals surface area (Å²) < 4.78 is 5.22. The van der Waals surface area contributed by atoms with E-state index in [1.54, 1.807) is 37.3 Å². The number of hydrogen-bond acceptors (Lipinski definition) is 3. The van der Waals surface area contributed by atoms with Crippen LogP contribution in [0.15, 0.2) is 47.0 Å². The molecule has 0 spiro atoms. The molecule has 1 aromatic heterocycles. The Kier molecular flexibility index (Phi) is 4.60. The van der Waals surface area contributed by atoms with Gasteiger partial charge in [0, 0.05) is 16.3 Å². The number of halogens is 2. The van der Waals surface area contributed by atoms with Crippen molar-refractivity contribution in [2.75, 3.05) is 5.32 Å². The van der Waals surface area contributed by atoms with Gasteiger partial charge in [-0.3, -0.25) is 4.79 Å². The molecule has 0 atom stereocenters. The number of nitrogens with one attached hydrogen (secondary N) is 1. The minimum Gasteiger partial charge on any atom is -0.360 e. The lowest BCUT2D eigenvalue weighted by Gasteiger charge is -2.09. The van der Waals surface area contributed by atoms with E-state index in [9.17, 15) is 4.79 Å². The average Bonchev–Trinajstić information content (AvgIpc) is 2.92. The van der Waals surface area contributed by atoms with Crippen LogP contribution >= 0.6 is 23.2 Å². The van der Waals surface area contributed by atoms with E-state index in [0.717, 1.165) is 5.56 Å². The Bertz CT molecular complexity index is 919. The van der Waals surface area contributed by atoms with Crippen molar-refractivity contribution in [2.45, 2.75) is 13.8 Å². The molecule has 0 radical (unpaired) electrons. The standard InChI is InChI=1S/C18H14Cl2N2O2/c1-10-9-12(19)7-8-15(10)21-18(23)16-11(2)24-22-17(16)13-5-3-4-6-14(13)20/h3-9H,1-2H3,(H,21,23). The Morgan fingerprint density at radius 3 is 2.58 bits per heavy atom. The van der Waals surface area contributed by atoms with E-state index in [4.69, 9.17) is 27.7 Å². The van der Waals surface area contributed by atoms with Gasteiger partial charge in [-0.2, -0.15) is 0 Å². The molecule has 0 aliphatic heterocycles. The predicted octanol–water partition coefficient (Wildman–Crippen LogP) is 5.52. The number of aromatic nitrogens is 1. The SMILES string of the molecule is Cc1cc(Cl)ccc1NC(=O)c1c(-c2ccccc2Cl)noc1C. The zero-order valence-corrected chi connectivity index (χ0v) is 14.6. The highest BCUT2D eigenvalue weighted by Crippen LogP contribution is 2.31. The first-order valence-electron chi connectivity index (χ1n) is 7.26. The van der Waals surface area contributed by atoms with Crippen LogP contribution in [0.1, 0.15) is 21.7 Å². The average molecular weight is 361 g/mol. The van der Waals surface area contributed by atoms with Gasteiger partial charge in [0.2, 0.25) is 0 Å². The van der Waals surface area contributed by atoms with Gasteiger partial charge in [-0.1, -0.05) is 46.6 Å². The number of aryl methyl sites for hydroxylation is 2. The minimum absolute atomic E-state index is 0.311. The van der Waals surface area contributed by atoms with Crippen LogP contribution in [-0.4, -0.2) is 11.1 Å². The zero-order valence-electron chi connectivity index (χ0n) is 13.1. The number of hydrogen-bond donors (Lipinski definition) is 1. The molecule has 24 heavy (non-hydrogen) atoms. The number of carbonyl (C=O) groups excluding carboxylic acids is 1. The summed E-state index contributed by atoms with van der Waals surface area (Å²) in [7, 11) is 0. The number of benzene rings is 2. The Balaban J connectivity index is 1.99. The minimum atomic E-state index is -0.311. The van der Waals surface area contributed by atoms with Gasteiger partial charge in [-0.15, -0.1) is 0 Å². The van der Waals surface area contributed by atoms with Crippen molar-refractivity contribution in [3.8, 4) is 11.3 Å². The summed E-state index contributed by atoms with van der Waals surface area (Å²) in [6, 6.07) is 12.4. The second-order valence-electron chi connectivity index (χ2n) is 5.36. The molecule has 0 bridgehead atoms. The van der Waals surface area contributed by atoms with Crippen molar-refractivity contribution < 1.29 is 9.32 Å². The van der Waals surface area contributed by atoms with Gasteiger partial charge < -0.3 is 9.84 Å². The molecule has 0 saturated carbocycles. The van der Waals surface area contributed by atoms with Gasteiger partial charge in [0.05, 0.1) is 5.02 Å². The molecule has 1 N–H and O–H groups in total. The van der Waals surface area contributed by atoms with E-state index in [2.05, 4.69) is 10.5 Å². The number of rotatable bonds is 3. The summed E-state index contributed by atoms with van der Waals surface area (Å²) in [5, 5.41) is 7.99. The second-order valence-corrected chi connectivity index (χ2v) is 6.20. The second kappa shape index (κ2) is 6.67. The van der Waals surface area contributed by atoms with Gasteiger partial charge in [0.1, 0.15) is 17.0 Å². The van der Waals surface area contributed by atoms with E-state index in [1.807, 2.05) is 19.1 Å². The van der Waals surface area contributed by atoms with E-state index in [-0.39, 0.29) is 5.91 Å². The maximum Gasteiger partial charge on any atom is 0.261 e. The Morgan fingerprint density at radius 2 is 1.88 bits per heavy atom. The summed E-state index contributed by atoms with van der Waals surface area (Å²) in [4.78, 5) is 12.8. The van der Waals surface area contributed by atoms with Crippen LogP contribution in [0.2, 0.25) is 10.0 Å². The topological polar surface area (TPSA) is 55.1 Å². The lowest BCUT2D eigenvalue weighted by molar-refractivity contribution is 0.102. The van der Waals surface area contributed by atoms with E-state index < -0.39 is 0 Å². The van der Waals surface area contributed by atoms with E-state index in [0.29, 0.717) is 38.3 Å². The first-order valence-corrected chi connectivity index (χ1v) is 8.01. The number of nitrogens with zero attached hydrogens (tertiary/aromatic N) is 1. The molecule has 2 aromatic carbocycles. The van der Waals surface area contributed by atoms with E-state index in [1.165, 1.54) is 0 Å². The molecule has 1 amide bonds. The lowest BCUT2D eigenvalue weighted by atomic mass is 10.1. The third kappa shape index (κ3) is 3.16. The van der Waals surface area contributed by atoms with Crippen molar-refractivity contribution >= 4 is 34.8 Å². The fraction of sp³-hybridized carbons (Fsp3) is 0.111. The third-order valence-electron chi connectivity index (χ3n) is 3.66. The lowest BCUT2D eigenvalue weighted by Crippen LogP contribution is -2.14. The molecule has 3 rings (SSSR count). The molecule has 3 aromatic rings. The maximum atomic E-state index is 12.8. The smallest absolute Gasteiger partial charge is 0.261 e. The highest BCUT2D eigenvalue weighted by molar-refractivity contribution is 6.33. The van der Waals surface area contributed by atoms with Gasteiger partial charge in [0.25, 0.3) is 5.91 Å². The molecular weight excluding hydrogens is 347 g/mol. The van der Waals surface area contributed by atoms with Crippen molar-refractivity contribution in [3.63, 3.8) is 0 Å². The summed E-state index contributed by atoms with van der Waals surface area (Å²) in [5.41, 5.74) is 2.97. The summed E-state index contributed by atoms with van der Waals surface area (Å²) >= 11 is 12.2. The van der Waals surface area contributed by atoms with Gasteiger partial charge >= 0.3 is 0 Å². The van der Waals surface area contributed by atoms with Crippen LogP contribution in [0.5, 0.6) is 0 Å². The molecule has 1 heterocycles. The molecule has 122 valence electrons. The molecule has 4 nitrogen and oxygen atoms in total. The van der Waals surface area contributed by atoms with Crippen LogP contribution < -0.4 is 5.32 Å². The number of anilines is 1. The van der Waals surface area contributed by atoms with Crippen molar-refractivity contribution in [1.29, 1.82) is 0 Å². The monoisotopic (exact) mass is 360 g/mol. The number of amides is 1. The van der Waals surface area contributed by atoms with Crippen molar-refractivity contribution in [3.05, 3.63) is 69.4 Å². The van der Waals surface area contributed by atoms with Gasteiger partial charge in [0.15, 0.2) is 0 Å². The van der Waals surface area contributed by atoms with E-state index >= 15 is 0 Å². The molecule has 0 aliphatic carbocycles. The maximum absolute atomic E-state index is 12.8. The van der Waals surface area contributed by atoms with Gasteiger partial charge in [-0.25, -0.2) is 0 Å². The Morgan fingerprint density at radius 1 is 1.12 bits per heavy atom. The molecule has 0 fully saturated rings. The van der Waals surface area contributed by atoms with Gasteiger partial charge in [-0.05, 0) is 43.7 Å². The molecule has 0 unspecified atom stereocenters. The molecular formula is C18H14Cl2N2O2. The quantitative estimate of drug-likeness (QED) is 0.669. The third-order valence-corrected chi connectivity index (χ3v) is 4.22. The largest absolute Gasteiger partial charge is 0.360 e. The Labute approximate surface area is 149 Å². The van der Waals surface area contributed by atoms with Crippen LogP contribution in [-0.2, 0) is 0 Å². The first-order chi connectivity index (χ1) is 11.5. The molecule has 6 heteroatoms. The van der Waals surface area contributed by atoms with Crippen LogP contribution in [0, 0.1) is 13.8 Å². The Hall–Kier alpha value is -2.30. The summed E-state index contributed by atoms with van der Waals surface area (Å²) in [5.74, 6) is 0.114. The fourth-order valence-corrected chi connectivity index (χ4v) is 2.88. The van der Waals surface area contributed by atoms with Crippen LogP contribution in [0.4, 0.5) is 5.69 Å². The molecule has 0 aliphatic rings. The highest BCUT2D eigenvalue weighted by Gasteiger charge is 2.23. The number of carbonyl (C=O) groups is 1. The summed E-state index contributed by atoms with van der Waals surface area (Å²) in [6.07, 6.45) is 0. The summed E-state index contributed by atoms with van der Waals surface area (Å²) in [6.45, 7) is 3.56. The van der Waals surface area contributed by atoms with Crippen molar-refractivity contribution in [1.82, 2.24) is 5.16 Å². The van der Waals surface area contributed by atoms with Crippen LogP contribution in [0.25, 0.3) is 11.3 Å². The normalized spacial score (nSPS) is 10.7. The highest BCUT2D eigenvalue weighted by atomic mass is 35.5. The van der Waals surface area contributed by atoms with Crippen LogP contribution in [0.3, 0.4) is 0 Å². The molecule has 0 saturated heterocycles. The van der Waals surface area contributed by atoms with Crippen molar-refractivity contribution in [2.24, 2.45) is 0 Å². The predicted molar refractivity (Wildman–Crippen MR) is 95.8 cm³/mol. The first kappa shape index (κ1) is 16.6. The fourth-order valence-electron chi connectivity index (χ4n) is 2.43.